The molecule has 20 heavy (non-hydrogen) atoms. The van der Waals surface area contributed by atoms with Gasteiger partial charge in [0.25, 0.3) is 0 Å². The van der Waals surface area contributed by atoms with E-state index in [0.717, 1.165) is 13.1 Å². The van der Waals surface area contributed by atoms with Crippen LogP contribution in [0.25, 0.3) is 0 Å². The van der Waals surface area contributed by atoms with Crippen molar-refractivity contribution in [1.29, 1.82) is 0 Å². The van der Waals surface area contributed by atoms with Gasteiger partial charge in [0.2, 0.25) is 0 Å². The van der Waals surface area contributed by atoms with Crippen LogP contribution < -0.4 is 16.0 Å². The highest BCUT2D eigenvalue weighted by Crippen LogP contribution is 2.25. The molecule has 0 aromatic heterocycles. The van der Waals surface area contributed by atoms with Gasteiger partial charge in [0.1, 0.15) is 0 Å². The van der Waals surface area contributed by atoms with Gasteiger partial charge in [-0.15, -0.1) is 0 Å². The minimum atomic E-state index is 0.535. The summed E-state index contributed by atoms with van der Waals surface area (Å²) in [6.45, 7) is 10.8. The third-order valence-corrected chi connectivity index (χ3v) is 4.48. The number of rotatable bonds is 6. The van der Waals surface area contributed by atoms with Gasteiger partial charge in [-0.3, -0.25) is 0 Å². The number of nitrogens with zero attached hydrogens (tertiary/aromatic N) is 1. The van der Waals surface area contributed by atoms with Crippen LogP contribution in [-0.2, 0) is 0 Å². The molecule has 2 rings (SSSR count). The van der Waals surface area contributed by atoms with Crippen molar-refractivity contribution >= 4 is 11.4 Å². The summed E-state index contributed by atoms with van der Waals surface area (Å²) in [7, 11) is 0. The SMILES string of the molecule is Cc1cc(N2CCCC2)ccc1NCC(CN)C(C)C. The number of nitrogens with two attached hydrogens (primary N) is 1. The van der Waals surface area contributed by atoms with Crippen molar-refractivity contribution in [3.63, 3.8) is 0 Å². The zero-order chi connectivity index (χ0) is 14.5. The van der Waals surface area contributed by atoms with Crippen LogP contribution in [0.4, 0.5) is 11.4 Å². The molecule has 0 amide bonds. The molecule has 112 valence electrons. The Balaban J connectivity index is 1.98. The van der Waals surface area contributed by atoms with E-state index in [1.54, 1.807) is 0 Å². The smallest absolute Gasteiger partial charge is 0.0371 e. The number of aryl methyl sites for hydroxylation is 1. The molecule has 1 unspecified atom stereocenters. The summed E-state index contributed by atoms with van der Waals surface area (Å²) in [5.41, 5.74) is 9.77. The minimum Gasteiger partial charge on any atom is -0.384 e. The fourth-order valence-electron chi connectivity index (χ4n) is 2.85. The molecule has 0 saturated carbocycles. The number of anilines is 2. The first-order valence-electron chi connectivity index (χ1n) is 7.91. The van der Waals surface area contributed by atoms with Gasteiger partial charge in [0.05, 0.1) is 0 Å². The largest absolute Gasteiger partial charge is 0.384 e. The van der Waals surface area contributed by atoms with Gasteiger partial charge < -0.3 is 16.0 Å². The Bertz CT molecular complexity index is 422. The topological polar surface area (TPSA) is 41.3 Å². The minimum absolute atomic E-state index is 0.535. The molecule has 0 bridgehead atoms. The summed E-state index contributed by atoms with van der Waals surface area (Å²) in [5, 5.41) is 3.56. The summed E-state index contributed by atoms with van der Waals surface area (Å²) in [5.74, 6) is 1.16. The molecule has 0 aliphatic carbocycles. The highest BCUT2D eigenvalue weighted by molar-refractivity contribution is 5.60. The van der Waals surface area contributed by atoms with Crippen molar-refractivity contribution in [1.82, 2.24) is 0 Å². The van der Waals surface area contributed by atoms with Gasteiger partial charge in [-0.05, 0) is 61.9 Å². The van der Waals surface area contributed by atoms with Crippen molar-refractivity contribution in [3.05, 3.63) is 23.8 Å². The van der Waals surface area contributed by atoms with Crippen molar-refractivity contribution in [2.45, 2.75) is 33.6 Å². The van der Waals surface area contributed by atoms with E-state index in [-0.39, 0.29) is 0 Å². The Morgan fingerprint density at radius 2 is 1.95 bits per heavy atom. The van der Waals surface area contributed by atoms with Gasteiger partial charge in [0.15, 0.2) is 0 Å². The second-order valence-corrected chi connectivity index (χ2v) is 6.31. The Morgan fingerprint density at radius 1 is 1.25 bits per heavy atom. The lowest BCUT2D eigenvalue weighted by atomic mass is 9.96. The standard InChI is InChI=1S/C17H29N3/c1-13(2)15(11-18)12-19-17-7-6-16(10-14(17)3)20-8-4-5-9-20/h6-7,10,13,15,19H,4-5,8-9,11-12,18H2,1-3H3. The Kier molecular flexibility index (Phi) is 5.30. The summed E-state index contributed by atoms with van der Waals surface area (Å²) in [6.07, 6.45) is 2.65. The molecule has 1 atom stereocenters. The zero-order valence-corrected chi connectivity index (χ0v) is 13.2. The van der Waals surface area contributed by atoms with E-state index in [0.29, 0.717) is 11.8 Å². The first-order chi connectivity index (χ1) is 9.61. The Morgan fingerprint density at radius 3 is 2.50 bits per heavy atom. The molecule has 1 aromatic carbocycles. The molecule has 0 radical (unpaired) electrons. The van der Waals surface area contributed by atoms with Gasteiger partial charge in [-0.1, -0.05) is 13.8 Å². The second kappa shape index (κ2) is 6.98. The lowest BCUT2D eigenvalue weighted by molar-refractivity contribution is 0.413. The van der Waals surface area contributed by atoms with E-state index in [2.05, 4.69) is 49.2 Å². The van der Waals surface area contributed by atoms with E-state index in [9.17, 15) is 0 Å². The average molecular weight is 275 g/mol. The van der Waals surface area contributed by atoms with E-state index >= 15 is 0 Å². The molecule has 1 aromatic rings. The van der Waals surface area contributed by atoms with Crippen LogP contribution in [-0.4, -0.2) is 26.2 Å². The second-order valence-electron chi connectivity index (χ2n) is 6.31. The van der Waals surface area contributed by atoms with Crippen molar-refractivity contribution in [2.24, 2.45) is 17.6 Å². The maximum atomic E-state index is 5.84. The summed E-state index contributed by atoms with van der Waals surface area (Å²) >= 11 is 0. The third-order valence-electron chi connectivity index (χ3n) is 4.48. The number of hydrogen-bond donors (Lipinski definition) is 2. The van der Waals surface area contributed by atoms with Crippen LogP contribution in [0.3, 0.4) is 0 Å². The van der Waals surface area contributed by atoms with Crippen LogP contribution in [0.2, 0.25) is 0 Å². The van der Waals surface area contributed by atoms with E-state index in [1.165, 1.54) is 42.9 Å². The van der Waals surface area contributed by atoms with E-state index in [4.69, 9.17) is 5.73 Å². The predicted molar refractivity (Wildman–Crippen MR) is 88.5 cm³/mol. The van der Waals surface area contributed by atoms with Gasteiger partial charge in [0, 0.05) is 31.0 Å². The Hall–Kier alpha value is -1.22. The first kappa shape index (κ1) is 15.2. The summed E-state index contributed by atoms with van der Waals surface area (Å²) in [6, 6.07) is 6.77. The molecule has 1 aliphatic rings. The normalized spacial score (nSPS) is 16.8. The van der Waals surface area contributed by atoms with Crippen LogP contribution in [0.1, 0.15) is 32.3 Å². The first-order valence-corrected chi connectivity index (χ1v) is 7.91. The molecule has 3 nitrogen and oxygen atoms in total. The predicted octanol–water partition coefficient (Wildman–Crippen LogP) is 3.24. The maximum Gasteiger partial charge on any atom is 0.0371 e. The molecular formula is C17H29N3. The molecule has 3 N–H and O–H groups in total. The van der Waals surface area contributed by atoms with Crippen molar-refractivity contribution in [3.8, 4) is 0 Å². The van der Waals surface area contributed by atoms with Crippen LogP contribution >= 0.6 is 0 Å². The quantitative estimate of drug-likeness (QED) is 0.837. The van der Waals surface area contributed by atoms with Crippen LogP contribution in [0.15, 0.2) is 18.2 Å². The van der Waals surface area contributed by atoms with Crippen LogP contribution in [0.5, 0.6) is 0 Å². The van der Waals surface area contributed by atoms with Crippen molar-refractivity contribution in [2.75, 3.05) is 36.4 Å². The maximum absolute atomic E-state index is 5.84. The highest BCUT2D eigenvalue weighted by atomic mass is 15.1. The molecule has 1 saturated heterocycles. The zero-order valence-electron chi connectivity index (χ0n) is 13.2. The lowest BCUT2D eigenvalue weighted by Gasteiger charge is -2.22. The summed E-state index contributed by atoms with van der Waals surface area (Å²) in [4.78, 5) is 2.48. The monoisotopic (exact) mass is 275 g/mol. The van der Waals surface area contributed by atoms with E-state index in [1.807, 2.05) is 0 Å². The van der Waals surface area contributed by atoms with Gasteiger partial charge in [-0.25, -0.2) is 0 Å². The fourth-order valence-corrected chi connectivity index (χ4v) is 2.85. The fraction of sp³-hybridized carbons (Fsp3) is 0.647. The average Bonchev–Trinajstić information content (AvgIpc) is 2.94. The molecule has 1 heterocycles. The number of benzene rings is 1. The van der Waals surface area contributed by atoms with Gasteiger partial charge in [-0.2, -0.15) is 0 Å². The molecule has 1 fully saturated rings. The summed E-state index contributed by atoms with van der Waals surface area (Å²) < 4.78 is 0. The lowest BCUT2D eigenvalue weighted by Crippen LogP contribution is -2.27. The molecule has 0 spiro atoms. The Labute approximate surface area is 123 Å². The molecule has 1 aliphatic heterocycles. The highest BCUT2D eigenvalue weighted by Gasteiger charge is 2.14. The van der Waals surface area contributed by atoms with Crippen molar-refractivity contribution < 1.29 is 0 Å². The van der Waals surface area contributed by atoms with E-state index < -0.39 is 0 Å². The number of nitrogens with one attached hydrogen (secondary N) is 1. The molecule has 3 heteroatoms. The molecular weight excluding hydrogens is 246 g/mol. The van der Waals surface area contributed by atoms with Crippen LogP contribution in [0, 0.1) is 18.8 Å². The van der Waals surface area contributed by atoms with Gasteiger partial charge >= 0.3 is 0 Å². The third kappa shape index (κ3) is 3.66. The number of hydrogen-bond acceptors (Lipinski definition) is 3.